The van der Waals surface area contributed by atoms with Gasteiger partial charge in [0.2, 0.25) is 0 Å². The minimum atomic E-state index is -0.434. The molecule has 1 N–H and O–H groups in total. The van der Waals surface area contributed by atoms with E-state index in [0.29, 0.717) is 5.92 Å². The fourth-order valence-corrected chi connectivity index (χ4v) is 5.03. The maximum absolute atomic E-state index is 12.0. The van der Waals surface area contributed by atoms with E-state index in [-0.39, 0.29) is 41.7 Å². The molecule has 19 heavy (non-hydrogen) atoms. The van der Waals surface area contributed by atoms with Crippen LogP contribution >= 0.6 is 0 Å². The highest BCUT2D eigenvalue weighted by molar-refractivity contribution is 5.83. The summed E-state index contributed by atoms with van der Waals surface area (Å²) >= 11 is 0. The molecule has 2 bridgehead atoms. The third-order valence-corrected chi connectivity index (χ3v) is 5.58. The first-order chi connectivity index (χ1) is 9.10. The van der Waals surface area contributed by atoms with Crippen LogP contribution in [-0.2, 0) is 19.1 Å². The zero-order valence-electron chi connectivity index (χ0n) is 11.2. The number of aliphatic hydroxyl groups excluding tert-OH is 1. The van der Waals surface area contributed by atoms with Gasteiger partial charge in [0.25, 0.3) is 0 Å². The Hall–Kier alpha value is -1.10. The van der Waals surface area contributed by atoms with Crippen molar-refractivity contribution in [3.8, 4) is 0 Å². The van der Waals surface area contributed by atoms with Gasteiger partial charge < -0.3 is 14.6 Å². The Morgan fingerprint density at radius 1 is 0.947 bits per heavy atom. The van der Waals surface area contributed by atoms with Crippen molar-refractivity contribution in [2.24, 2.45) is 35.5 Å². The van der Waals surface area contributed by atoms with E-state index in [1.165, 1.54) is 14.2 Å². The van der Waals surface area contributed by atoms with Crippen LogP contribution in [0.3, 0.4) is 0 Å². The second-order valence-corrected chi connectivity index (χ2v) is 6.05. The molecule has 0 aromatic rings. The predicted molar refractivity (Wildman–Crippen MR) is 64.8 cm³/mol. The number of fused-ring (bicyclic) bond motifs is 5. The Balaban J connectivity index is 1.93. The van der Waals surface area contributed by atoms with Crippen LogP contribution in [0.2, 0.25) is 0 Å². The number of esters is 2. The summed E-state index contributed by atoms with van der Waals surface area (Å²) in [6, 6.07) is 0. The molecule has 5 heteroatoms. The van der Waals surface area contributed by atoms with Gasteiger partial charge >= 0.3 is 11.9 Å². The molecule has 0 aromatic heterocycles. The van der Waals surface area contributed by atoms with Gasteiger partial charge in [0, 0.05) is 0 Å². The van der Waals surface area contributed by atoms with Crippen LogP contribution in [0.4, 0.5) is 0 Å². The highest BCUT2D eigenvalue weighted by Crippen LogP contribution is 2.63. The van der Waals surface area contributed by atoms with Crippen molar-refractivity contribution in [2.45, 2.75) is 25.4 Å². The molecular weight excluding hydrogens is 248 g/mol. The highest BCUT2D eigenvalue weighted by atomic mass is 16.5. The Morgan fingerprint density at radius 3 is 2.11 bits per heavy atom. The summed E-state index contributed by atoms with van der Waals surface area (Å²) in [5.41, 5.74) is 0. The van der Waals surface area contributed by atoms with Crippen molar-refractivity contribution >= 4 is 11.9 Å². The average molecular weight is 268 g/mol. The van der Waals surface area contributed by atoms with Gasteiger partial charge in [-0.15, -0.1) is 0 Å². The lowest BCUT2D eigenvalue weighted by atomic mass is 9.69. The molecule has 0 aromatic carbocycles. The summed E-state index contributed by atoms with van der Waals surface area (Å²) < 4.78 is 9.74. The number of hydrogen-bond donors (Lipinski definition) is 1. The van der Waals surface area contributed by atoms with Crippen molar-refractivity contribution in [1.29, 1.82) is 0 Å². The lowest BCUT2D eigenvalue weighted by Gasteiger charge is -2.36. The van der Waals surface area contributed by atoms with E-state index in [0.717, 1.165) is 19.3 Å². The van der Waals surface area contributed by atoms with Gasteiger partial charge in [0.05, 0.1) is 32.2 Å². The monoisotopic (exact) mass is 268 g/mol. The Labute approximate surface area is 112 Å². The number of ether oxygens (including phenoxy) is 2. The highest BCUT2D eigenvalue weighted by Gasteiger charge is 2.65. The summed E-state index contributed by atoms with van der Waals surface area (Å²) in [5, 5.41) is 10.1. The Bertz CT molecular complexity index is 407. The smallest absolute Gasteiger partial charge is 0.309 e. The molecule has 0 heterocycles. The van der Waals surface area contributed by atoms with E-state index in [4.69, 9.17) is 9.47 Å². The third-order valence-electron chi connectivity index (χ3n) is 5.58. The number of rotatable bonds is 2. The zero-order valence-corrected chi connectivity index (χ0v) is 11.2. The first-order valence-electron chi connectivity index (χ1n) is 6.93. The minimum absolute atomic E-state index is 0.0732. The van der Waals surface area contributed by atoms with Crippen LogP contribution < -0.4 is 0 Å². The van der Waals surface area contributed by atoms with Gasteiger partial charge in [0.1, 0.15) is 0 Å². The number of methoxy groups -OCH3 is 2. The zero-order chi connectivity index (χ0) is 13.7. The molecule has 3 fully saturated rings. The third kappa shape index (κ3) is 1.64. The van der Waals surface area contributed by atoms with Gasteiger partial charge in [-0.05, 0) is 42.9 Å². The minimum Gasteiger partial charge on any atom is -0.469 e. The van der Waals surface area contributed by atoms with E-state index in [2.05, 4.69) is 0 Å². The van der Waals surface area contributed by atoms with E-state index in [1.807, 2.05) is 0 Å². The van der Waals surface area contributed by atoms with Crippen molar-refractivity contribution < 1.29 is 24.2 Å². The SMILES string of the molecule is COC(=O)C1C2CC(C1C(=O)OC)C1C(O)CCC21. The van der Waals surface area contributed by atoms with Crippen molar-refractivity contribution in [3.63, 3.8) is 0 Å². The molecule has 3 aliphatic carbocycles. The Kier molecular flexibility index (Phi) is 3.04. The average Bonchev–Trinajstić information content (AvgIpc) is 3.07. The van der Waals surface area contributed by atoms with Crippen molar-refractivity contribution in [1.82, 2.24) is 0 Å². The normalized spacial score (nSPS) is 47.0. The molecule has 0 amide bonds. The molecule has 7 atom stereocenters. The molecule has 7 unspecified atom stereocenters. The molecule has 5 nitrogen and oxygen atoms in total. The fourth-order valence-electron chi connectivity index (χ4n) is 5.03. The van der Waals surface area contributed by atoms with Crippen LogP contribution in [0.25, 0.3) is 0 Å². The van der Waals surface area contributed by atoms with Gasteiger partial charge in [-0.3, -0.25) is 9.59 Å². The summed E-state index contributed by atoms with van der Waals surface area (Å²) in [4.78, 5) is 24.0. The van der Waals surface area contributed by atoms with Crippen LogP contribution in [0.5, 0.6) is 0 Å². The van der Waals surface area contributed by atoms with Gasteiger partial charge in [-0.1, -0.05) is 0 Å². The lowest BCUT2D eigenvalue weighted by molar-refractivity contribution is -0.163. The molecule has 0 radical (unpaired) electrons. The predicted octanol–water partition coefficient (Wildman–Crippen LogP) is 0.602. The molecule has 0 spiro atoms. The molecule has 106 valence electrons. The van der Waals surface area contributed by atoms with Gasteiger partial charge in [-0.2, -0.15) is 0 Å². The van der Waals surface area contributed by atoms with E-state index in [9.17, 15) is 14.7 Å². The van der Waals surface area contributed by atoms with E-state index >= 15 is 0 Å². The molecule has 0 saturated heterocycles. The second kappa shape index (κ2) is 4.47. The lowest BCUT2D eigenvalue weighted by Crippen LogP contribution is -2.43. The number of carbonyl (C=O) groups excluding carboxylic acids is 2. The Morgan fingerprint density at radius 2 is 1.53 bits per heavy atom. The molecule has 0 aliphatic heterocycles. The van der Waals surface area contributed by atoms with Crippen LogP contribution in [-0.4, -0.2) is 37.4 Å². The molecule has 3 rings (SSSR count). The maximum Gasteiger partial charge on any atom is 0.309 e. The van der Waals surface area contributed by atoms with E-state index < -0.39 is 5.92 Å². The number of carbonyl (C=O) groups is 2. The van der Waals surface area contributed by atoms with Gasteiger partial charge in [0.15, 0.2) is 0 Å². The van der Waals surface area contributed by atoms with Crippen molar-refractivity contribution in [3.05, 3.63) is 0 Å². The summed E-state index contributed by atoms with van der Waals surface area (Å²) in [5.74, 6) is -0.679. The maximum atomic E-state index is 12.0. The first kappa shape index (κ1) is 12.9. The van der Waals surface area contributed by atoms with Crippen LogP contribution in [0.1, 0.15) is 19.3 Å². The standard InChI is InChI=1S/C14H20O5/c1-18-13(16)11-7-5-8(12(11)14(17)19-2)10-6(7)3-4-9(10)15/h6-12,15H,3-5H2,1-2H3. The number of aliphatic hydroxyl groups is 1. The topological polar surface area (TPSA) is 72.8 Å². The summed E-state index contributed by atoms with van der Waals surface area (Å²) in [7, 11) is 2.72. The second-order valence-electron chi connectivity index (χ2n) is 6.05. The quantitative estimate of drug-likeness (QED) is 0.743. The van der Waals surface area contributed by atoms with Crippen molar-refractivity contribution in [2.75, 3.05) is 14.2 Å². The molecular formula is C14H20O5. The number of hydrogen-bond acceptors (Lipinski definition) is 5. The molecule has 3 aliphatic rings. The first-order valence-corrected chi connectivity index (χ1v) is 6.93. The van der Waals surface area contributed by atoms with E-state index in [1.54, 1.807) is 0 Å². The molecule has 3 saturated carbocycles. The van der Waals surface area contributed by atoms with Gasteiger partial charge in [-0.25, -0.2) is 0 Å². The largest absolute Gasteiger partial charge is 0.469 e. The summed E-state index contributed by atoms with van der Waals surface area (Å²) in [6.07, 6.45) is 2.25. The fraction of sp³-hybridized carbons (Fsp3) is 0.857. The summed E-state index contributed by atoms with van der Waals surface area (Å²) in [6.45, 7) is 0. The van der Waals surface area contributed by atoms with Crippen LogP contribution in [0, 0.1) is 35.5 Å². The van der Waals surface area contributed by atoms with Crippen LogP contribution in [0.15, 0.2) is 0 Å².